The van der Waals surface area contributed by atoms with Crippen molar-refractivity contribution in [3.8, 4) is 11.6 Å². The molecule has 0 N–H and O–H groups in total. The third kappa shape index (κ3) is 3.55. The van der Waals surface area contributed by atoms with Gasteiger partial charge in [0.05, 0.1) is 13.2 Å². The summed E-state index contributed by atoms with van der Waals surface area (Å²) in [7, 11) is 0. The first-order valence-corrected chi connectivity index (χ1v) is 7.38. The quantitative estimate of drug-likeness (QED) is 0.816. The van der Waals surface area contributed by atoms with E-state index in [9.17, 15) is 4.79 Å². The Kier molecular flexibility index (Phi) is 4.56. The number of ether oxygens (including phenoxy) is 2. The second-order valence-corrected chi connectivity index (χ2v) is 5.22. The summed E-state index contributed by atoms with van der Waals surface area (Å²) in [4.78, 5) is 18.3. The molecule has 0 aliphatic carbocycles. The van der Waals surface area contributed by atoms with E-state index in [-0.39, 0.29) is 5.91 Å². The number of amides is 1. The first-order chi connectivity index (χ1) is 10.7. The van der Waals surface area contributed by atoms with Gasteiger partial charge in [-0.15, -0.1) is 0 Å². The highest BCUT2D eigenvalue weighted by atomic mass is 35.5. The van der Waals surface area contributed by atoms with Crippen LogP contribution in [-0.2, 0) is 4.74 Å². The SMILES string of the molecule is O=C(c1cccc(Oc2cccc(Cl)n2)c1)N1CCOCC1. The van der Waals surface area contributed by atoms with Crippen molar-refractivity contribution in [2.75, 3.05) is 26.3 Å². The molecule has 1 saturated heterocycles. The number of halogens is 1. The number of pyridine rings is 1. The molecule has 0 unspecified atom stereocenters. The Morgan fingerprint density at radius 1 is 1.18 bits per heavy atom. The summed E-state index contributed by atoms with van der Waals surface area (Å²) in [6.07, 6.45) is 0. The molecule has 22 heavy (non-hydrogen) atoms. The van der Waals surface area contributed by atoms with Gasteiger partial charge in [0.25, 0.3) is 5.91 Å². The zero-order valence-corrected chi connectivity index (χ0v) is 12.6. The van der Waals surface area contributed by atoms with Gasteiger partial charge in [0.1, 0.15) is 10.9 Å². The van der Waals surface area contributed by atoms with E-state index in [4.69, 9.17) is 21.1 Å². The van der Waals surface area contributed by atoms with Crippen LogP contribution in [0.5, 0.6) is 11.6 Å². The maximum Gasteiger partial charge on any atom is 0.254 e. The highest BCUT2D eigenvalue weighted by Crippen LogP contribution is 2.22. The average Bonchev–Trinajstić information content (AvgIpc) is 2.55. The molecule has 1 aromatic carbocycles. The lowest BCUT2D eigenvalue weighted by atomic mass is 10.2. The summed E-state index contributed by atoms with van der Waals surface area (Å²) in [6, 6.07) is 12.2. The molecular formula is C16H15ClN2O3. The molecule has 5 nitrogen and oxygen atoms in total. The van der Waals surface area contributed by atoms with Crippen LogP contribution in [0.1, 0.15) is 10.4 Å². The Balaban J connectivity index is 1.75. The molecule has 0 radical (unpaired) electrons. The van der Waals surface area contributed by atoms with Gasteiger partial charge in [-0.25, -0.2) is 4.98 Å². The molecule has 1 amide bonds. The van der Waals surface area contributed by atoms with Crippen molar-refractivity contribution in [1.82, 2.24) is 9.88 Å². The van der Waals surface area contributed by atoms with Crippen LogP contribution >= 0.6 is 11.6 Å². The van der Waals surface area contributed by atoms with E-state index in [2.05, 4.69) is 4.98 Å². The van der Waals surface area contributed by atoms with Crippen LogP contribution in [0.25, 0.3) is 0 Å². The van der Waals surface area contributed by atoms with Crippen molar-refractivity contribution >= 4 is 17.5 Å². The summed E-state index contributed by atoms with van der Waals surface area (Å²) in [5.74, 6) is 0.921. The van der Waals surface area contributed by atoms with E-state index in [1.807, 2.05) is 0 Å². The smallest absolute Gasteiger partial charge is 0.254 e. The van der Waals surface area contributed by atoms with E-state index in [0.717, 1.165) is 0 Å². The van der Waals surface area contributed by atoms with Gasteiger partial charge in [-0.2, -0.15) is 0 Å². The minimum Gasteiger partial charge on any atom is -0.439 e. The fourth-order valence-corrected chi connectivity index (χ4v) is 2.36. The van der Waals surface area contributed by atoms with Crippen molar-refractivity contribution in [1.29, 1.82) is 0 Å². The molecular weight excluding hydrogens is 304 g/mol. The monoisotopic (exact) mass is 318 g/mol. The van der Waals surface area contributed by atoms with Crippen molar-refractivity contribution in [3.63, 3.8) is 0 Å². The number of carbonyl (C=O) groups excluding carboxylic acids is 1. The lowest BCUT2D eigenvalue weighted by Gasteiger charge is -2.26. The van der Waals surface area contributed by atoms with Gasteiger partial charge >= 0.3 is 0 Å². The molecule has 2 heterocycles. The normalized spacial score (nSPS) is 14.7. The number of benzene rings is 1. The Hall–Kier alpha value is -2.11. The topological polar surface area (TPSA) is 51.7 Å². The Morgan fingerprint density at radius 2 is 1.95 bits per heavy atom. The van der Waals surface area contributed by atoms with E-state index in [0.29, 0.717) is 48.6 Å². The van der Waals surface area contributed by atoms with E-state index in [1.165, 1.54) is 0 Å². The maximum atomic E-state index is 12.4. The van der Waals surface area contributed by atoms with E-state index in [1.54, 1.807) is 47.4 Å². The predicted octanol–water partition coefficient (Wildman–Crippen LogP) is 3.00. The molecule has 0 atom stereocenters. The second kappa shape index (κ2) is 6.77. The summed E-state index contributed by atoms with van der Waals surface area (Å²) >= 11 is 5.83. The number of morpholine rings is 1. The molecule has 1 aliphatic rings. The third-order valence-electron chi connectivity index (χ3n) is 3.29. The van der Waals surface area contributed by atoms with Crippen LogP contribution in [0.2, 0.25) is 5.15 Å². The first kappa shape index (κ1) is 14.8. The van der Waals surface area contributed by atoms with Crippen molar-refractivity contribution in [2.24, 2.45) is 0 Å². The largest absolute Gasteiger partial charge is 0.439 e. The molecule has 1 fully saturated rings. The van der Waals surface area contributed by atoms with Gasteiger partial charge in [0, 0.05) is 24.7 Å². The second-order valence-electron chi connectivity index (χ2n) is 4.83. The Morgan fingerprint density at radius 3 is 2.73 bits per heavy atom. The summed E-state index contributed by atoms with van der Waals surface area (Å²) in [5, 5.41) is 0.359. The fraction of sp³-hybridized carbons (Fsp3) is 0.250. The minimum atomic E-state index is -0.0206. The predicted molar refractivity (Wildman–Crippen MR) is 82.5 cm³/mol. The van der Waals surface area contributed by atoms with Gasteiger partial charge in [0.2, 0.25) is 5.88 Å². The van der Waals surface area contributed by atoms with Crippen LogP contribution < -0.4 is 4.74 Å². The van der Waals surface area contributed by atoms with Crippen LogP contribution in [0.3, 0.4) is 0 Å². The maximum absolute atomic E-state index is 12.4. The molecule has 114 valence electrons. The first-order valence-electron chi connectivity index (χ1n) is 7.00. The number of carbonyl (C=O) groups is 1. The van der Waals surface area contributed by atoms with Crippen molar-refractivity contribution in [2.45, 2.75) is 0 Å². The van der Waals surface area contributed by atoms with Gasteiger partial charge in [-0.05, 0) is 24.3 Å². The zero-order valence-electron chi connectivity index (χ0n) is 11.9. The average molecular weight is 319 g/mol. The highest BCUT2D eigenvalue weighted by Gasteiger charge is 2.18. The van der Waals surface area contributed by atoms with Gasteiger partial charge in [-0.3, -0.25) is 4.79 Å². The molecule has 6 heteroatoms. The third-order valence-corrected chi connectivity index (χ3v) is 3.50. The molecule has 0 bridgehead atoms. The van der Waals surface area contributed by atoms with Gasteiger partial charge < -0.3 is 14.4 Å². The van der Waals surface area contributed by atoms with Gasteiger partial charge in [-0.1, -0.05) is 23.7 Å². The molecule has 1 aromatic heterocycles. The molecule has 0 saturated carbocycles. The van der Waals surface area contributed by atoms with Crippen LogP contribution in [0, 0.1) is 0 Å². The van der Waals surface area contributed by atoms with Crippen molar-refractivity contribution < 1.29 is 14.3 Å². The minimum absolute atomic E-state index is 0.0206. The van der Waals surface area contributed by atoms with Crippen LogP contribution in [0.15, 0.2) is 42.5 Å². The van der Waals surface area contributed by atoms with Gasteiger partial charge in [0.15, 0.2) is 0 Å². The zero-order chi connectivity index (χ0) is 15.4. The van der Waals surface area contributed by atoms with Crippen molar-refractivity contribution in [3.05, 3.63) is 53.2 Å². The highest BCUT2D eigenvalue weighted by molar-refractivity contribution is 6.29. The summed E-state index contributed by atoms with van der Waals surface area (Å²) < 4.78 is 10.9. The number of hydrogen-bond donors (Lipinski definition) is 0. The summed E-state index contributed by atoms with van der Waals surface area (Å²) in [5.41, 5.74) is 0.585. The lowest BCUT2D eigenvalue weighted by Crippen LogP contribution is -2.40. The fourth-order valence-electron chi connectivity index (χ4n) is 2.21. The number of nitrogens with zero attached hydrogens (tertiary/aromatic N) is 2. The molecule has 1 aliphatic heterocycles. The number of aromatic nitrogens is 1. The van der Waals surface area contributed by atoms with E-state index >= 15 is 0 Å². The standard InChI is InChI=1S/C16H15ClN2O3/c17-14-5-2-6-15(18-14)22-13-4-1-3-12(11-13)16(20)19-7-9-21-10-8-19/h1-6,11H,7-10H2. The number of hydrogen-bond acceptors (Lipinski definition) is 4. The Labute approximate surface area is 133 Å². The molecule has 0 spiro atoms. The molecule has 2 aromatic rings. The Bertz CT molecular complexity index is 672. The van der Waals surface area contributed by atoms with Crippen LogP contribution in [0.4, 0.5) is 0 Å². The number of rotatable bonds is 3. The van der Waals surface area contributed by atoms with E-state index < -0.39 is 0 Å². The lowest BCUT2D eigenvalue weighted by molar-refractivity contribution is 0.0302. The summed E-state index contributed by atoms with van der Waals surface area (Å²) in [6.45, 7) is 2.38. The van der Waals surface area contributed by atoms with Crippen LogP contribution in [-0.4, -0.2) is 42.1 Å². The molecule has 3 rings (SSSR count).